The third-order valence-corrected chi connectivity index (χ3v) is 7.73. The molecule has 34 heavy (non-hydrogen) atoms. The molecular formula is C27H24N2O4S. The number of aryl methyl sites for hydroxylation is 1. The molecule has 0 bridgehead atoms. The van der Waals surface area contributed by atoms with Crippen LogP contribution in [0.15, 0.2) is 83.8 Å². The van der Waals surface area contributed by atoms with Gasteiger partial charge in [-0.3, -0.25) is 0 Å². The maximum Gasteiger partial charge on any atom is 0.378 e. The first-order chi connectivity index (χ1) is 16.2. The van der Waals surface area contributed by atoms with E-state index in [1.807, 2.05) is 19.1 Å². The lowest BCUT2D eigenvalue weighted by Crippen LogP contribution is -2.22. The van der Waals surface area contributed by atoms with Crippen LogP contribution in [0.1, 0.15) is 37.0 Å². The second-order valence-corrected chi connectivity index (χ2v) is 9.99. The number of hydrogen-bond acceptors (Lipinski definition) is 5. The molecule has 0 amide bonds. The largest absolute Gasteiger partial charge is 0.867 e. The first-order valence-electron chi connectivity index (χ1n) is 10.9. The quantitative estimate of drug-likeness (QED) is 0.246. The molecule has 0 radical (unpaired) electrons. The van der Waals surface area contributed by atoms with Crippen LogP contribution in [0.5, 0.6) is 11.5 Å². The van der Waals surface area contributed by atoms with E-state index in [-0.39, 0.29) is 32.5 Å². The maximum atomic E-state index is 13.1. The fraction of sp³-hybridized carbons (Fsp3) is 0.185. The van der Waals surface area contributed by atoms with Crippen LogP contribution in [0, 0.1) is 12.3 Å². The summed E-state index contributed by atoms with van der Waals surface area (Å²) in [6, 6.07) is 22.5. The van der Waals surface area contributed by atoms with E-state index in [1.54, 1.807) is 12.1 Å². The molecule has 7 heteroatoms. The van der Waals surface area contributed by atoms with Gasteiger partial charge in [0.2, 0.25) is 5.39 Å². The summed E-state index contributed by atoms with van der Waals surface area (Å²) in [4.78, 5) is 2.82. The topological polar surface area (TPSA) is 94.6 Å². The standard InChI is InChI=1S/C27H24N2O4S/c1-4-27(3,19-10-8-18(2)9-11-19)20-12-14-21(15-13-20)33-34(31,32)25-7-5-6-23-22(25)16-17-24(29-28)26(23)30/h5-17H,4H2,1-3H3. The van der Waals surface area contributed by atoms with Gasteiger partial charge in [0, 0.05) is 16.9 Å². The van der Waals surface area contributed by atoms with Gasteiger partial charge in [-0.2, -0.15) is 8.42 Å². The molecule has 0 N–H and O–H groups in total. The summed E-state index contributed by atoms with van der Waals surface area (Å²) in [6.45, 7) is 6.33. The number of diazo groups is 1. The minimum Gasteiger partial charge on any atom is -0.867 e. The number of rotatable bonds is 6. The SMILES string of the molecule is CCC(C)(c1ccc(C)cc1)c1ccc(OS(=O)(=O)c2cccc3c([O-])c([N+]#N)ccc23)cc1. The Hall–Kier alpha value is -3.89. The van der Waals surface area contributed by atoms with Crippen molar-refractivity contribution in [2.24, 2.45) is 0 Å². The Kier molecular flexibility index (Phi) is 6.03. The van der Waals surface area contributed by atoms with Gasteiger partial charge >= 0.3 is 15.8 Å². The molecule has 172 valence electrons. The molecule has 6 nitrogen and oxygen atoms in total. The summed E-state index contributed by atoms with van der Waals surface area (Å²) >= 11 is 0. The molecular weight excluding hydrogens is 448 g/mol. The first-order valence-corrected chi connectivity index (χ1v) is 12.3. The summed E-state index contributed by atoms with van der Waals surface area (Å²) in [5.41, 5.74) is 3.02. The van der Waals surface area contributed by atoms with Gasteiger partial charge in [0.25, 0.3) is 0 Å². The summed E-state index contributed by atoms with van der Waals surface area (Å²) in [7, 11) is -4.22. The van der Waals surface area contributed by atoms with E-state index in [2.05, 4.69) is 43.1 Å². The molecule has 0 aliphatic heterocycles. The molecule has 1 unspecified atom stereocenters. The summed E-state index contributed by atoms with van der Waals surface area (Å²) in [6.07, 6.45) is 0.865. The summed E-state index contributed by atoms with van der Waals surface area (Å²) in [5.74, 6) is -0.385. The van der Waals surface area contributed by atoms with Gasteiger partial charge in [-0.1, -0.05) is 67.9 Å². The van der Waals surface area contributed by atoms with Crippen molar-refractivity contribution in [2.75, 3.05) is 0 Å². The average Bonchev–Trinajstić information content (AvgIpc) is 2.84. The van der Waals surface area contributed by atoms with Crippen LogP contribution in [0.4, 0.5) is 5.69 Å². The maximum absolute atomic E-state index is 13.1. The molecule has 0 aliphatic carbocycles. The molecule has 0 saturated carbocycles. The van der Waals surface area contributed by atoms with Gasteiger partial charge in [0.1, 0.15) is 10.6 Å². The number of benzene rings is 4. The van der Waals surface area contributed by atoms with Crippen LogP contribution < -0.4 is 9.29 Å². The molecule has 0 spiro atoms. The highest BCUT2D eigenvalue weighted by Crippen LogP contribution is 2.38. The highest BCUT2D eigenvalue weighted by atomic mass is 32.2. The fourth-order valence-electron chi connectivity index (χ4n) is 4.13. The van der Waals surface area contributed by atoms with Crippen molar-refractivity contribution in [1.82, 2.24) is 0 Å². The summed E-state index contributed by atoms with van der Waals surface area (Å²) in [5, 5.41) is 21.7. The van der Waals surface area contributed by atoms with Crippen LogP contribution in [-0.2, 0) is 15.5 Å². The van der Waals surface area contributed by atoms with Gasteiger partial charge in [-0.25, -0.2) is 0 Å². The molecule has 0 fully saturated rings. The molecule has 0 heterocycles. The van der Waals surface area contributed by atoms with Gasteiger partial charge < -0.3 is 9.29 Å². The van der Waals surface area contributed by atoms with Crippen LogP contribution >= 0.6 is 0 Å². The van der Waals surface area contributed by atoms with Crippen molar-refractivity contribution < 1.29 is 17.7 Å². The lowest BCUT2D eigenvalue weighted by Gasteiger charge is -2.30. The zero-order valence-corrected chi connectivity index (χ0v) is 20.0. The van der Waals surface area contributed by atoms with E-state index >= 15 is 0 Å². The van der Waals surface area contributed by atoms with Crippen molar-refractivity contribution in [3.8, 4) is 11.5 Å². The smallest absolute Gasteiger partial charge is 0.378 e. The monoisotopic (exact) mass is 472 g/mol. The van der Waals surface area contributed by atoms with Crippen LogP contribution in [0.2, 0.25) is 0 Å². The minimum absolute atomic E-state index is 0.131. The Morgan fingerprint density at radius 2 is 1.53 bits per heavy atom. The number of hydrogen-bond donors (Lipinski definition) is 0. The Morgan fingerprint density at radius 1 is 0.912 bits per heavy atom. The third-order valence-electron chi connectivity index (χ3n) is 6.42. The van der Waals surface area contributed by atoms with Crippen molar-refractivity contribution in [2.45, 2.75) is 37.5 Å². The third kappa shape index (κ3) is 4.09. The van der Waals surface area contributed by atoms with Gasteiger partial charge in [-0.05, 0) is 59.9 Å². The van der Waals surface area contributed by atoms with Crippen molar-refractivity contribution >= 4 is 26.6 Å². The zero-order valence-electron chi connectivity index (χ0n) is 19.1. The molecule has 4 rings (SSSR count). The van der Waals surface area contributed by atoms with E-state index in [0.29, 0.717) is 0 Å². The Balaban J connectivity index is 1.67. The molecule has 4 aromatic rings. The number of fused-ring (bicyclic) bond motifs is 1. The zero-order chi connectivity index (χ0) is 24.5. The second-order valence-electron chi connectivity index (χ2n) is 8.48. The Morgan fingerprint density at radius 3 is 2.12 bits per heavy atom. The minimum atomic E-state index is -4.22. The van der Waals surface area contributed by atoms with E-state index in [0.717, 1.165) is 12.0 Å². The predicted octanol–water partition coefficient (Wildman–Crippen LogP) is 6.19. The molecule has 0 aliphatic rings. The average molecular weight is 473 g/mol. The van der Waals surface area contributed by atoms with Crippen LogP contribution in [0.25, 0.3) is 15.7 Å². The van der Waals surface area contributed by atoms with Gasteiger partial charge in [0.15, 0.2) is 4.98 Å². The highest BCUT2D eigenvalue weighted by molar-refractivity contribution is 7.87. The van der Waals surface area contributed by atoms with E-state index in [4.69, 9.17) is 9.58 Å². The molecule has 1 atom stereocenters. The first kappa shape index (κ1) is 23.3. The van der Waals surface area contributed by atoms with E-state index in [9.17, 15) is 13.5 Å². The van der Waals surface area contributed by atoms with Crippen molar-refractivity contribution in [3.63, 3.8) is 0 Å². The predicted molar refractivity (Wildman–Crippen MR) is 130 cm³/mol. The van der Waals surface area contributed by atoms with Crippen LogP contribution in [0.3, 0.4) is 0 Å². The van der Waals surface area contributed by atoms with E-state index < -0.39 is 15.9 Å². The Bertz CT molecular complexity index is 1510. The summed E-state index contributed by atoms with van der Waals surface area (Å²) < 4.78 is 31.6. The Labute approximate surface area is 199 Å². The molecule has 0 saturated heterocycles. The molecule has 4 aromatic carbocycles. The lowest BCUT2D eigenvalue weighted by atomic mass is 9.74. The van der Waals surface area contributed by atoms with E-state index in [1.165, 1.54) is 41.5 Å². The van der Waals surface area contributed by atoms with Crippen molar-refractivity contribution in [1.29, 1.82) is 5.39 Å². The fourth-order valence-corrected chi connectivity index (χ4v) is 5.28. The van der Waals surface area contributed by atoms with Gasteiger partial charge in [0.05, 0.1) is 0 Å². The lowest BCUT2D eigenvalue weighted by molar-refractivity contribution is -0.264. The van der Waals surface area contributed by atoms with Gasteiger partial charge in [-0.15, -0.1) is 0 Å². The normalized spacial score (nSPS) is 13.2. The van der Waals surface area contributed by atoms with Crippen LogP contribution in [-0.4, -0.2) is 8.42 Å². The highest BCUT2D eigenvalue weighted by Gasteiger charge is 2.27. The number of nitrogens with zero attached hydrogens (tertiary/aromatic N) is 2. The molecule has 0 aromatic heterocycles. The van der Waals surface area contributed by atoms with Crippen molar-refractivity contribution in [3.05, 3.63) is 101 Å². The second kappa shape index (κ2) is 8.81.